The van der Waals surface area contributed by atoms with Gasteiger partial charge in [0.05, 0.1) is 0 Å². The maximum absolute atomic E-state index is 11.5. The van der Waals surface area contributed by atoms with Crippen molar-refractivity contribution in [2.75, 3.05) is 19.7 Å². The molecule has 0 radical (unpaired) electrons. The van der Waals surface area contributed by atoms with E-state index in [4.69, 9.17) is 39.5 Å². The van der Waals surface area contributed by atoms with Crippen LogP contribution in [0.1, 0.15) is 26.7 Å². The third-order valence-corrected chi connectivity index (χ3v) is 1.93. The highest BCUT2D eigenvalue weighted by atomic mass is 35.6. The summed E-state index contributed by atoms with van der Waals surface area (Å²) in [6, 6.07) is 0. The van der Waals surface area contributed by atoms with Gasteiger partial charge in [-0.2, -0.15) is 0 Å². The minimum Gasteiger partial charge on any atom is -0.445 e. The second-order valence-electron chi connectivity index (χ2n) is 3.16. The van der Waals surface area contributed by atoms with Gasteiger partial charge >= 0.3 is 6.09 Å². The van der Waals surface area contributed by atoms with Crippen LogP contribution in [0, 0.1) is 0 Å². The Morgan fingerprint density at radius 1 is 1.20 bits per heavy atom. The number of rotatable bonds is 5. The summed E-state index contributed by atoms with van der Waals surface area (Å²) >= 11 is 16.4. The van der Waals surface area contributed by atoms with E-state index in [0.717, 1.165) is 12.8 Å². The summed E-state index contributed by atoms with van der Waals surface area (Å²) in [5, 5.41) is 0. The fraction of sp³-hybridized carbons (Fsp3) is 0.889. The van der Waals surface area contributed by atoms with Crippen molar-refractivity contribution < 1.29 is 9.53 Å². The van der Waals surface area contributed by atoms with Gasteiger partial charge < -0.3 is 9.64 Å². The third kappa shape index (κ3) is 8.00. The molecule has 1 amide bonds. The van der Waals surface area contributed by atoms with E-state index in [2.05, 4.69) is 0 Å². The number of nitrogens with zero attached hydrogens (tertiary/aromatic N) is 1. The first kappa shape index (κ1) is 15.1. The summed E-state index contributed by atoms with van der Waals surface area (Å²) < 4.78 is 3.32. The summed E-state index contributed by atoms with van der Waals surface area (Å²) in [4.78, 5) is 13.1. The largest absolute Gasteiger partial charge is 0.445 e. The molecule has 0 saturated heterocycles. The number of hydrogen-bond donors (Lipinski definition) is 0. The number of alkyl halides is 3. The normalized spacial score (nSPS) is 11.3. The molecule has 3 nitrogen and oxygen atoms in total. The standard InChI is InChI=1S/C9H16Cl3NO2/c1-3-5-13(6-4-2)8(14)15-7-9(10,11)12/h3-7H2,1-2H3. The minimum atomic E-state index is -1.54. The quantitative estimate of drug-likeness (QED) is 0.718. The zero-order valence-corrected chi connectivity index (χ0v) is 11.2. The molecule has 0 fully saturated rings. The Morgan fingerprint density at radius 3 is 2.00 bits per heavy atom. The first-order valence-electron chi connectivity index (χ1n) is 4.89. The topological polar surface area (TPSA) is 29.5 Å². The molecule has 0 bridgehead atoms. The van der Waals surface area contributed by atoms with Crippen molar-refractivity contribution >= 4 is 40.9 Å². The van der Waals surface area contributed by atoms with Crippen molar-refractivity contribution in [3.05, 3.63) is 0 Å². The minimum absolute atomic E-state index is 0.222. The molecule has 6 heteroatoms. The van der Waals surface area contributed by atoms with Gasteiger partial charge in [-0.1, -0.05) is 48.7 Å². The van der Waals surface area contributed by atoms with Crippen molar-refractivity contribution in [2.24, 2.45) is 0 Å². The van der Waals surface area contributed by atoms with Crippen molar-refractivity contribution in [3.8, 4) is 0 Å². The van der Waals surface area contributed by atoms with Gasteiger partial charge in [-0.25, -0.2) is 4.79 Å². The Kier molecular flexibility index (Phi) is 7.49. The summed E-state index contributed by atoms with van der Waals surface area (Å²) in [5.41, 5.74) is 0. The van der Waals surface area contributed by atoms with Crippen LogP contribution in [0.3, 0.4) is 0 Å². The predicted molar refractivity (Wildman–Crippen MR) is 63.8 cm³/mol. The molecular weight excluding hydrogens is 260 g/mol. The predicted octanol–water partition coefficient (Wildman–Crippen LogP) is 3.62. The summed E-state index contributed by atoms with van der Waals surface area (Å²) in [6.45, 7) is 5.08. The van der Waals surface area contributed by atoms with E-state index in [1.165, 1.54) is 0 Å². The number of carbonyl (C=O) groups is 1. The molecule has 0 aromatic rings. The van der Waals surface area contributed by atoms with Gasteiger partial charge in [0.25, 0.3) is 0 Å². The van der Waals surface area contributed by atoms with Crippen molar-refractivity contribution in [1.29, 1.82) is 0 Å². The molecule has 0 heterocycles. The van der Waals surface area contributed by atoms with Crippen LogP contribution in [0.2, 0.25) is 0 Å². The van der Waals surface area contributed by atoms with Crippen LogP contribution in [0.25, 0.3) is 0 Å². The van der Waals surface area contributed by atoms with E-state index >= 15 is 0 Å². The van der Waals surface area contributed by atoms with E-state index < -0.39 is 9.89 Å². The Morgan fingerprint density at radius 2 is 1.67 bits per heavy atom. The van der Waals surface area contributed by atoms with Crippen LogP contribution in [0.4, 0.5) is 4.79 Å². The Bertz CT molecular complexity index is 188. The molecule has 0 saturated carbocycles. The number of carbonyl (C=O) groups excluding carboxylic acids is 1. The highest BCUT2D eigenvalue weighted by Gasteiger charge is 2.23. The van der Waals surface area contributed by atoms with Crippen LogP contribution < -0.4 is 0 Å². The molecule has 0 atom stereocenters. The maximum atomic E-state index is 11.5. The van der Waals surface area contributed by atoms with E-state index in [0.29, 0.717) is 13.1 Å². The molecule has 0 rings (SSSR count). The lowest BCUT2D eigenvalue weighted by atomic mass is 10.4. The van der Waals surface area contributed by atoms with Gasteiger partial charge in [-0.15, -0.1) is 0 Å². The highest BCUT2D eigenvalue weighted by Crippen LogP contribution is 2.26. The number of halogens is 3. The van der Waals surface area contributed by atoms with E-state index in [-0.39, 0.29) is 6.61 Å². The monoisotopic (exact) mass is 275 g/mol. The Labute approximate surface area is 106 Å². The zero-order valence-electron chi connectivity index (χ0n) is 8.93. The molecule has 0 aliphatic heterocycles. The van der Waals surface area contributed by atoms with Gasteiger partial charge in [0.15, 0.2) is 0 Å². The lowest BCUT2D eigenvalue weighted by Crippen LogP contribution is -2.34. The van der Waals surface area contributed by atoms with Crippen molar-refractivity contribution in [3.63, 3.8) is 0 Å². The fourth-order valence-electron chi connectivity index (χ4n) is 1.07. The SMILES string of the molecule is CCCN(CCC)C(=O)OCC(Cl)(Cl)Cl. The Balaban J connectivity index is 4.02. The molecular formula is C9H16Cl3NO2. The van der Waals surface area contributed by atoms with Crippen LogP contribution in [-0.4, -0.2) is 34.5 Å². The molecule has 0 aliphatic rings. The molecule has 0 aromatic carbocycles. The molecule has 0 N–H and O–H groups in total. The molecule has 0 aliphatic carbocycles. The number of amides is 1. The highest BCUT2D eigenvalue weighted by molar-refractivity contribution is 6.67. The maximum Gasteiger partial charge on any atom is 0.409 e. The number of hydrogen-bond acceptors (Lipinski definition) is 2. The first-order chi connectivity index (χ1) is 6.90. The van der Waals surface area contributed by atoms with Crippen LogP contribution in [0.5, 0.6) is 0 Å². The van der Waals surface area contributed by atoms with Gasteiger partial charge in [0.2, 0.25) is 3.79 Å². The lowest BCUT2D eigenvalue weighted by Gasteiger charge is -2.22. The van der Waals surface area contributed by atoms with Crippen molar-refractivity contribution in [2.45, 2.75) is 30.5 Å². The van der Waals surface area contributed by atoms with E-state index in [1.54, 1.807) is 4.90 Å². The molecule has 0 unspecified atom stereocenters. The molecule has 0 aromatic heterocycles. The fourth-order valence-corrected chi connectivity index (χ4v) is 1.23. The summed E-state index contributed by atoms with van der Waals surface area (Å²) in [5.74, 6) is 0. The van der Waals surface area contributed by atoms with E-state index in [1.807, 2.05) is 13.8 Å². The summed E-state index contributed by atoms with van der Waals surface area (Å²) in [6.07, 6.45) is 1.33. The van der Waals surface area contributed by atoms with Crippen LogP contribution in [0.15, 0.2) is 0 Å². The molecule has 90 valence electrons. The van der Waals surface area contributed by atoms with Gasteiger partial charge in [-0.05, 0) is 12.8 Å². The first-order valence-corrected chi connectivity index (χ1v) is 6.02. The molecule has 0 spiro atoms. The second-order valence-corrected chi connectivity index (χ2v) is 5.67. The van der Waals surface area contributed by atoms with Gasteiger partial charge in [0.1, 0.15) is 6.61 Å². The van der Waals surface area contributed by atoms with Crippen LogP contribution >= 0.6 is 34.8 Å². The average molecular weight is 277 g/mol. The third-order valence-electron chi connectivity index (χ3n) is 1.60. The average Bonchev–Trinajstić information content (AvgIpc) is 2.13. The smallest absolute Gasteiger partial charge is 0.409 e. The summed E-state index contributed by atoms with van der Waals surface area (Å²) in [7, 11) is 0. The second kappa shape index (κ2) is 7.42. The van der Waals surface area contributed by atoms with Crippen molar-refractivity contribution in [1.82, 2.24) is 4.90 Å². The van der Waals surface area contributed by atoms with Gasteiger partial charge in [0, 0.05) is 13.1 Å². The van der Waals surface area contributed by atoms with E-state index in [9.17, 15) is 4.79 Å². The Hall–Kier alpha value is 0.140. The van der Waals surface area contributed by atoms with Gasteiger partial charge in [-0.3, -0.25) is 0 Å². The molecule has 15 heavy (non-hydrogen) atoms. The zero-order chi connectivity index (χ0) is 11.9. The number of ether oxygens (including phenoxy) is 1. The lowest BCUT2D eigenvalue weighted by molar-refractivity contribution is 0.104. The van der Waals surface area contributed by atoms with Crippen LogP contribution in [-0.2, 0) is 4.74 Å².